The molecule has 0 aromatic carbocycles. The largest absolute Gasteiger partial charge is 0.475 e. The average molecular weight is 296 g/mol. The van der Waals surface area contributed by atoms with E-state index in [4.69, 9.17) is 14.3 Å². The van der Waals surface area contributed by atoms with Crippen LogP contribution in [0.15, 0.2) is 16.5 Å². The van der Waals surface area contributed by atoms with Gasteiger partial charge in [0.2, 0.25) is 5.76 Å². The fraction of sp³-hybridized carbons (Fsp3) is 0.571. The number of carboxylic acid groups (broad SMARTS) is 1. The van der Waals surface area contributed by atoms with E-state index >= 15 is 0 Å². The number of hydrogen-bond acceptors (Lipinski definition) is 4. The first-order valence-electron chi connectivity index (χ1n) is 6.73. The number of hydrogen-bond donors (Lipinski definition) is 3. The summed E-state index contributed by atoms with van der Waals surface area (Å²) in [6.07, 6.45) is 0.923. The van der Waals surface area contributed by atoms with Crippen LogP contribution < -0.4 is 10.6 Å². The Balaban J connectivity index is 1.79. The van der Waals surface area contributed by atoms with Crippen molar-refractivity contribution < 1.29 is 23.8 Å². The number of ether oxygens (including phenoxy) is 1. The first-order chi connectivity index (χ1) is 9.84. The van der Waals surface area contributed by atoms with Crippen molar-refractivity contribution in [3.8, 4) is 0 Å². The van der Waals surface area contributed by atoms with Gasteiger partial charge in [-0.25, -0.2) is 9.59 Å². The third kappa shape index (κ3) is 3.18. The maximum Gasteiger partial charge on any atom is 0.371 e. The van der Waals surface area contributed by atoms with E-state index in [0.29, 0.717) is 5.76 Å². The maximum absolute atomic E-state index is 11.8. The van der Waals surface area contributed by atoms with Crippen molar-refractivity contribution in [3.63, 3.8) is 0 Å². The monoisotopic (exact) mass is 296 g/mol. The summed E-state index contributed by atoms with van der Waals surface area (Å²) in [5.74, 6) is -0.881. The third-order valence-corrected chi connectivity index (χ3v) is 4.06. The number of methoxy groups -OCH3 is 1. The standard InChI is InChI=1S/C14H20N2O5/c1-14(2)10(6-11(14)20-3)16-13(19)15-7-8-4-5-9(21-8)12(17)18/h4-5,10-11H,6-7H2,1-3H3,(H,17,18)(H2,15,16,19). The quantitative estimate of drug-likeness (QED) is 0.766. The van der Waals surface area contributed by atoms with Gasteiger partial charge in [0, 0.05) is 18.6 Å². The Kier molecular flexibility index (Phi) is 4.22. The molecule has 7 heteroatoms. The summed E-state index contributed by atoms with van der Waals surface area (Å²) in [7, 11) is 1.67. The number of furan rings is 1. The fourth-order valence-corrected chi connectivity index (χ4v) is 2.49. The van der Waals surface area contributed by atoms with E-state index in [-0.39, 0.29) is 35.9 Å². The lowest BCUT2D eigenvalue weighted by molar-refractivity contribution is -0.0935. The third-order valence-electron chi connectivity index (χ3n) is 4.06. The zero-order valence-electron chi connectivity index (χ0n) is 12.3. The molecule has 1 aliphatic rings. The van der Waals surface area contributed by atoms with E-state index < -0.39 is 5.97 Å². The van der Waals surface area contributed by atoms with Crippen LogP contribution in [0.4, 0.5) is 4.79 Å². The molecule has 2 atom stereocenters. The Bertz CT molecular complexity index is 537. The number of rotatable bonds is 5. The number of carbonyl (C=O) groups is 2. The zero-order chi connectivity index (χ0) is 15.6. The first kappa shape index (κ1) is 15.4. The van der Waals surface area contributed by atoms with Crippen molar-refractivity contribution in [3.05, 3.63) is 23.7 Å². The highest BCUT2D eigenvalue weighted by Gasteiger charge is 2.49. The molecule has 1 fully saturated rings. The predicted octanol–water partition coefficient (Wildman–Crippen LogP) is 1.59. The van der Waals surface area contributed by atoms with Gasteiger partial charge in [0.15, 0.2) is 0 Å². The summed E-state index contributed by atoms with van der Waals surface area (Å²) >= 11 is 0. The molecular weight excluding hydrogens is 276 g/mol. The van der Waals surface area contributed by atoms with E-state index in [9.17, 15) is 9.59 Å². The van der Waals surface area contributed by atoms with Gasteiger partial charge in [0.1, 0.15) is 5.76 Å². The molecule has 0 spiro atoms. The molecule has 0 aliphatic heterocycles. The lowest BCUT2D eigenvalue weighted by Gasteiger charge is -2.51. The molecule has 0 saturated heterocycles. The highest BCUT2D eigenvalue weighted by atomic mass is 16.5. The van der Waals surface area contributed by atoms with Crippen LogP contribution in [-0.4, -0.2) is 36.4 Å². The Labute approximate surface area is 122 Å². The average Bonchev–Trinajstić information content (AvgIpc) is 2.89. The summed E-state index contributed by atoms with van der Waals surface area (Å²) in [5.41, 5.74) is -0.104. The van der Waals surface area contributed by atoms with Gasteiger partial charge in [-0.3, -0.25) is 0 Å². The van der Waals surface area contributed by atoms with E-state index in [1.165, 1.54) is 12.1 Å². The van der Waals surface area contributed by atoms with Gasteiger partial charge >= 0.3 is 12.0 Å². The second-order valence-corrected chi connectivity index (χ2v) is 5.73. The highest BCUT2D eigenvalue weighted by molar-refractivity contribution is 5.84. The number of carboxylic acids is 1. The van der Waals surface area contributed by atoms with Gasteiger partial charge in [-0.2, -0.15) is 0 Å². The predicted molar refractivity (Wildman–Crippen MR) is 74.0 cm³/mol. The van der Waals surface area contributed by atoms with Crippen molar-refractivity contribution in [2.24, 2.45) is 5.41 Å². The smallest absolute Gasteiger partial charge is 0.371 e. The molecular formula is C14H20N2O5. The van der Waals surface area contributed by atoms with Gasteiger partial charge in [0.25, 0.3) is 0 Å². The van der Waals surface area contributed by atoms with E-state index in [2.05, 4.69) is 10.6 Å². The Morgan fingerprint density at radius 1 is 1.48 bits per heavy atom. The first-order valence-corrected chi connectivity index (χ1v) is 6.73. The van der Waals surface area contributed by atoms with Crippen LogP contribution in [0.3, 0.4) is 0 Å². The normalized spacial score (nSPS) is 23.2. The number of nitrogens with one attached hydrogen (secondary N) is 2. The SMILES string of the molecule is COC1CC(NC(=O)NCc2ccc(C(=O)O)o2)C1(C)C. The van der Waals surface area contributed by atoms with Crippen molar-refractivity contribution in [2.75, 3.05) is 7.11 Å². The molecule has 2 rings (SSSR count). The molecule has 1 aromatic heterocycles. The molecule has 1 aromatic rings. The summed E-state index contributed by atoms with van der Waals surface area (Å²) in [5, 5.41) is 14.3. The minimum absolute atomic E-state index is 0.0497. The zero-order valence-corrected chi connectivity index (χ0v) is 12.3. The topological polar surface area (TPSA) is 101 Å². The number of aromatic carboxylic acids is 1. The molecule has 0 radical (unpaired) electrons. The molecule has 2 unspecified atom stereocenters. The van der Waals surface area contributed by atoms with Crippen LogP contribution in [0.5, 0.6) is 0 Å². The van der Waals surface area contributed by atoms with Crippen LogP contribution in [0, 0.1) is 5.41 Å². The van der Waals surface area contributed by atoms with Crippen LogP contribution in [-0.2, 0) is 11.3 Å². The van der Waals surface area contributed by atoms with E-state index in [1.807, 2.05) is 13.8 Å². The van der Waals surface area contributed by atoms with Crippen molar-refractivity contribution in [1.82, 2.24) is 10.6 Å². The van der Waals surface area contributed by atoms with Gasteiger partial charge in [-0.05, 0) is 18.6 Å². The highest BCUT2D eigenvalue weighted by Crippen LogP contribution is 2.42. The summed E-state index contributed by atoms with van der Waals surface area (Å²) < 4.78 is 10.4. The Morgan fingerprint density at radius 2 is 2.19 bits per heavy atom. The van der Waals surface area contributed by atoms with Crippen LogP contribution in [0.1, 0.15) is 36.6 Å². The summed E-state index contributed by atoms with van der Waals surface area (Å²) in [6, 6.07) is 2.62. The second kappa shape index (κ2) is 5.77. The minimum atomic E-state index is -1.13. The number of urea groups is 1. The lowest BCUT2D eigenvalue weighted by atomic mass is 9.64. The Morgan fingerprint density at radius 3 is 2.71 bits per heavy atom. The second-order valence-electron chi connectivity index (χ2n) is 5.73. The Hall–Kier alpha value is -2.02. The summed E-state index contributed by atoms with van der Waals surface area (Å²) in [6.45, 7) is 4.22. The fourth-order valence-electron chi connectivity index (χ4n) is 2.49. The molecule has 1 aliphatic carbocycles. The van der Waals surface area contributed by atoms with E-state index in [0.717, 1.165) is 6.42 Å². The molecule has 1 saturated carbocycles. The van der Waals surface area contributed by atoms with Gasteiger partial charge in [-0.1, -0.05) is 13.8 Å². The lowest BCUT2D eigenvalue weighted by Crippen LogP contribution is -2.62. The van der Waals surface area contributed by atoms with Crippen LogP contribution in [0.2, 0.25) is 0 Å². The minimum Gasteiger partial charge on any atom is -0.475 e. The van der Waals surface area contributed by atoms with Crippen molar-refractivity contribution >= 4 is 12.0 Å². The summed E-state index contributed by atoms with van der Waals surface area (Å²) in [4.78, 5) is 22.5. The molecule has 1 heterocycles. The van der Waals surface area contributed by atoms with Gasteiger partial charge in [0.05, 0.1) is 12.6 Å². The number of carbonyl (C=O) groups excluding carboxylic acids is 1. The van der Waals surface area contributed by atoms with Crippen LogP contribution in [0.25, 0.3) is 0 Å². The van der Waals surface area contributed by atoms with Crippen molar-refractivity contribution in [2.45, 2.75) is 39.0 Å². The molecule has 3 N–H and O–H groups in total. The molecule has 2 amide bonds. The van der Waals surface area contributed by atoms with Crippen LogP contribution >= 0.6 is 0 Å². The van der Waals surface area contributed by atoms with Gasteiger partial charge in [-0.15, -0.1) is 0 Å². The molecule has 7 nitrogen and oxygen atoms in total. The van der Waals surface area contributed by atoms with E-state index in [1.54, 1.807) is 7.11 Å². The molecule has 0 bridgehead atoms. The van der Waals surface area contributed by atoms with Crippen molar-refractivity contribution in [1.29, 1.82) is 0 Å². The maximum atomic E-state index is 11.8. The molecule has 116 valence electrons. The molecule has 21 heavy (non-hydrogen) atoms. The van der Waals surface area contributed by atoms with Gasteiger partial charge < -0.3 is 24.9 Å². The number of amides is 2.